The van der Waals surface area contributed by atoms with Crippen LogP contribution in [0.25, 0.3) is 10.8 Å². The van der Waals surface area contributed by atoms with E-state index in [0.717, 1.165) is 10.8 Å². The normalized spacial score (nSPS) is 10.6. The Bertz CT molecular complexity index is 858. The summed E-state index contributed by atoms with van der Waals surface area (Å²) < 4.78 is 19.1. The Morgan fingerprint density at radius 1 is 1.04 bits per heavy atom. The van der Waals surface area contributed by atoms with E-state index in [-0.39, 0.29) is 18.3 Å². The van der Waals surface area contributed by atoms with Gasteiger partial charge in [-0.25, -0.2) is 4.39 Å². The Kier molecular flexibility index (Phi) is 4.75. The number of likely N-dealkylation sites (N-methyl/N-ethyl adjacent to an activating group) is 1. The van der Waals surface area contributed by atoms with Crippen LogP contribution in [0.15, 0.2) is 66.7 Å². The van der Waals surface area contributed by atoms with Crippen LogP contribution in [0.4, 0.5) is 10.1 Å². The SMILES string of the molecule is CCN(C(=O)COc1cccc2ccccc12)c1cccc(F)c1. The summed E-state index contributed by atoms with van der Waals surface area (Å²) in [5.41, 5.74) is 0.531. The lowest BCUT2D eigenvalue weighted by molar-refractivity contribution is -0.120. The fraction of sp³-hybridized carbons (Fsp3) is 0.150. The summed E-state index contributed by atoms with van der Waals surface area (Å²) in [7, 11) is 0. The van der Waals surface area contributed by atoms with E-state index in [1.807, 2.05) is 49.4 Å². The highest BCUT2D eigenvalue weighted by Crippen LogP contribution is 2.25. The maximum atomic E-state index is 13.4. The predicted octanol–water partition coefficient (Wildman–Crippen LogP) is 4.41. The largest absolute Gasteiger partial charge is 0.483 e. The van der Waals surface area contributed by atoms with E-state index in [9.17, 15) is 9.18 Å². The average molecular weight is 323 g/mol. The van der Waals surface area contributed by atoms with Gasteiger partial charge >= 0.3 is 0 Å². The van der Waals surface area contributed by atoms with Gasteiger partial charge in [-0.1, -0.05) is 42.5 Å². The van der Waals surface area contributed by atoms with Crippen molar-refractivity contribution in [1.82, 2.24) is 0 Å². The van der Waals surface area contributed by atoms with Crippen LogP contribution in [-0.2, 0) is 4.79 Å². The third-order valence-corrected chi connectivity index (χ3v) is 3.84. The van der Waals surface area contributed by atoms with Crippen molar-refractivity contribution in [2.75, 3.05) is 18.1 Å². The zero-order chi connectivity index (χ0) is 16.9. The van der Waals surface area contributed by atoms with Crippen molar-refractivity contribution >= 4 is 22.4 Å². The lowest BCUT2D eigenvalue weighted by Crippen LogP contribution is -2.34. The fourth-order valence-corrected chi connectivity index (χ4v) is 2.69. The van der Waals surface area contributed by atoms with Crippen LogP contribution in [0.3, 0.4) is 0 Å². The second kappa shape index (κ2) is 7.13. The number of anilines is 1. The number of carbonyl (C=O) groups excluding carboxylic acids is 1. The summed E-state index contributed by atoms with van der Waals surface area (Å²) in [6.07, 6.45) is 0. The van der Waals surface area contributed by atoms with E-state index < -0.39 is 0 Å². The average Bonchev–Trinajstić information content (AvgIpc) is 2.60. The van der Waals surface area contributed by atoms with Gasteiger partial charge in [0.25, 0.3) is 5.91 Å². The van der Waals surface area contributed by atoms with Crippen molar-refractivity contribution in [3.63, 3.8) is 0 Å². The van der Waals surface area contributed by atoms with Crippen LogP contribution in [0.1, 0.15) is 6.92 Å². The molecule has 0 saturated carbocycles. The van der Waals surface area contributed by atoms with E-state index >= 15 is 0 Å². The van der Waals surface area contributed by atoms with Crippen LogP contribution >= 0.6 is 0 Å². The molecule has 4 heteroatoms. The van der Waals surface area contributed by atoms with Crippen molar-refractivity contribution < 1.29 is 13.9 Å². The van der Waals surface area contributed by atoms with Crippen LogP contribution in [-0.4, -0.2) is 19.1 Å². The standard InChI is InChI=1S/C20H18FNO2/c1-2-22(17-10-6-9-16(21)13-17)20(23)14-24-19-12-5-8-15-7-3-4-11-18(15)19/h3-13H,2,14H2,1H3. The van der Waals surface area contributed by atoms with E-state index in [4.69, 9.17) is 4.74 Å². The highest BCUT2D eigenvalue weighted by Gasteiger charge is 2.15. The topological polar surface area (TPSA) is 29.5 Å². The molecule has 3 nitrogen and oxygen atoms in total. The Morgan fingerprint density at radius 3 is 2.58 bits per heavy atom. The van der Waals surface area contributed by atoms with Crippen LogP contribution < -0.4 is 9.64 Å². The van der Waals surface area contributed by atoms with Gasteiger partial charge in [-0.15, -0.1) is 0 Å². The minimum atomic E-state index is -0.367. The molecule has 0 atom stereocenters. The molecule has 0 radical (unpaired) electrons. The summed E-state index contributed by atoms with van der Waals surface area (Å²) in [5.74, 6) is 0.0847. The van der Waals surface area contributed by atoms with Gasteiger partial charge in [0.1, 0.15) is 11.6 Å². The van der Waals surface area contributed by atoms with Gasteiger partial charge in [0.05, 0.1) is 0 Å². The zero-order valence-electron chi connectivity index (χ0n) is 13.4. The molecule has 0 aliphatic heterocycles. The van der Waals surface area contributed by atoms with Crippen LogP contribution in [0.2, 0.25) is 0 Å². The van der Waals surface area contributed by atoms with Crippen molar-refractivity contribution in [3.05, 3.63) is 72.5 Å². The quantitative estimate of drug-likeness (QED) is 0.696. The number of fused-ring (bicyclic) bond motifs is 1. The zero-order valence-corrected chi connectivity index (χ0v) is 13.4. The number of nitrogens with zero attached hydrogens (tertiary/aromatic N) is 1. The van der Waals surface area contributed by atoms with Crippen molar-refractivity contribution in [3.8, 4) is 5.75 Å². The van der Waals surface area contributed by atoms with Gasteiger partial charge in [-0.05, 0) is 36.6 Å². The molecule has 122 valence electrons. The van der Waals surface area contributed by atoms with E-state index in [1.165, 1.54) is 17.0 Å². The van der Waals surface area contributed by atoms with Gasteiger partial charge in [-0.3, -0.25) is 4.79 Å². The molecule has 3 rings (SSSR count). The number of hydrogen-bond acceptors (Lipinski definition) is 2. The molecule has 0 bridgehead atoms. The predicted molar refractivity (Wildman–Crippen MR) is 93.9 cm³/mol. The minimum absolute atomic E-state index is 0.0988. The minimum Gasteiger partial charge on any atom is -0.483 e. The van der Waals surface area contributed by atoms with Gasteiger partial charge in [0.2, 0.25) is 0 Å². The first-order valence-electron chi connectivity index (χ1n) is 7.85. The maximum absolute atomic E-state index is 13.4. The summed E-state index contributed by atoms with van der Waals surface area (Å²) in [6, 6.07) is 19.6. The highest BCUT2D eigenvalue weighted by molar-refractivity contribution is 5.95. The molecule has 0 aliphatic rings. The molecular weight excluding hydrogens is 305 g/mol. The number of benzene rings is 3. The second-order valence-electron chi connectivity index (χ2n) is 5.38. The third-order valence-electron chi connectivity index (χ3n) is 3.84. The molecule has 3 aromatic carbocycles. The highest BCUT2D eigenvalue weighted by atomic mass is 19.1. The van der Waals surface area contributed by atoms with Gasteiger partial charge in [0, 0.05) is 17.6 Å². The molecule has 0 saturated heterocycles. The molecule has 0 spiro atoms. The maximum Gasteiger partial charge on any atom is 0.264 e. The van der Waals surface area contributed by atoms with Crippen molar-refractivity contribution in [2.24, 2.45) is 0 Å². The van der Waals surface area contributed by atoms with Gasteiger partial charge in [-0.2, -0.15) is 0 Å². The molecular formula is C20H18FNO2. The van der Waals surface area contributed by atoms with E-state index in [1.54, 1.807) is 12.1 Å². The molecule has 0 unspecified atom stereocenters. The monoisotopic (exact) mass is 323 g/mol. The summed E-state index contributed by atoms with van der Waals surface area (Å²) in [4.78, 5) is 14.0. The molecule has 24 heavy (non-hydrogen) atoms. The molecule has 0 fully saturated rings. The number of rotatable bonds is 5. The molecule has 0 aliphatic carbocycles. The molecule has 0 aromatic heterocycles. The van der Waals surface area contributed by atoms with Crippen molar-refractivity contribution in [1.29, 1.82) is 0 Å². The van der Waals surface area contributed by atoms with Crippen molar-refractivity contribution in [2.45, 2.75) is 6.92 Å². The Labute approximate surface area is 140 Å². The lowest BCUT2D eigenvalue weighted by atomic mass is 10.1. The summed E-state index contributed by atoms with van der Waals surface area (Å²) in [6.45, 7) is 2.19. The number of hydrogen-bond donors (Lipinski definition) is 0. The third kappa shape index (κ3) is 3.38. The van der Waals surface area contributed by atoms with Gasteiger partial charge in [0.15, 0.2) is 6.61 Å². The first-order valence-corrected chi connectivity index (χ1v) is 7.85. The summed E-state index contributed by atoms with van der Waals surface area (Å²) in [5, 5.41) is 2.02. The van der Waals surface area contributed by atoms with E-state index in [2.05, 4.69) is 0 Å². The number of halogens is 1. The van der Waals surface area contributed by atoms with Crippen LogP contribution in [0.5, 0.6) is 5.75 Å². The number of ether oxygens (including phenoxy) is 1. The van der Waals surface area contributed by atoms with Gasteiger partial charge < -0.3 is 9.64 Å². The molecule has 1 amide bonds. The molecule has 0 N–H and O–H groups in total. The smallest absolute Gasteiger partial charge is 0.264 e. The number of carbonyl (C=O) groups is 1. The molecule has 0 heterocycles. The van der Waals surface area contributed by atoms with E-state index in [0.29, 0.717) is 18.0 Å². The Hall–Kier alpha value is -2.88. The fourth-order valence-electron chi connectivity index (χ4n) is 2.69. The lowest BCUT2D eigenvalue weighted by Gasteiger charge is -2.21. The Balaban J connectivity index is 1.76. The first-order chi connectivity index (χ1) is 11.7. The Morgan fingerprint density at radius 2 is 1.79 bits per heavy atom. The second-order valence-corrected chi connectivity index (χ2v) is 5.38. The number of amides is 1. The summed E-state index contributed by atoms with van der Waals surface area (Å²) >= 11 is 0. The van der Waals surface area contributed by atoms with Crippen LogP contribution in [0, 0.1) is 5.82 Å². The molecule has 3 aromatic rings. The first kappa shape index (κ1) is 16.0.